The van der Waals surface area contributed by atoms with Crippen LogP contribution in [0.25, 0.3) is 0 Å². The predicted molar refractivity (Wildman–Crippen MR) is 119 cm³/mol. The molecule has 5 atom stereocenters. The molecule has 0 amide bonds. The molecule has 28 heavy (non-hydrogen) atoms. The van der Waals surface area contributed by atoms with Crippen molar-refractivity contribution in [1.82, 2.24) is 0 Å². The van der Waals surface area contributed by atoms with Crippen LogP contribution in [-0.4, -0.2) is 29.7 Å². The SMILES string of the molecule is CS[C@H]1C(c2ccc(Cl)c(Cc3ccc(Cl)s3)c2)O[C@H](C)[C@@H](C)[C@@H]1OC(C)=O. The number of carbonyl (C=O) groups is 1. The zero-order valence-corrected chi connectivity index (χ0v) is 19.4. The van der Waals surface area contributed by atoms with E-state index in [-0.39, 0.29) is 35.4 Å². The van der Waals surface area contributed by atoms with E-state index in [1.54, 1.807) is 23.1 Å². The van der Waals surface area contributed by atoms with E-state index in [1.807, 2.05) is 37.4 Å². The van der Waals surface area contributed by atoms with E-state index in [0.717, 1.165) is 31.8 Å². The largest absolute Gasteiger partial charge is 0.461 e. The van der Waals surface area contributed by atoms with E-state index >= 15 is 0 Å². The Morgan fingerprint density at radius 3 is 2.61 bits per heavy atom. The molecule has 2 heterocycles. The lowest BCUT2D eigenvalue weighted by Crippen LogP contribution is -2.49. The van der Waals surface area contributed by atoms with Gasteiger partial charge in [0.15, 0.2) is 0 Å². The van der Waals surface area contributed by atoms with Crippen molar-refractivity contribution in [1.29, 1.82) is 0 Å². The highest BCUT2D eigenvalue weighted by Gasteiger charge is 2.44. The molecule has 0 spiro atoms. The summed E-state index contributed by atoms with van der Waals surface area (Å²) in [6.45, 7) is 5.58. The molecule has 0 aliphatic carbocycles. The van der Waals surface area contributed by atoms with E-state index in [9.17, 15) is 4.79 Å². The van der Waals surface area contributed by atoms with E-state index < -0.39 is 0 Å². The number of esters is 1. The number of thiophene rings is 1. The Morgan fingerprint density at radius 1 is 1.25 bits per heavy atom. The van der Waals surface area contributed by atoms with Gasteiger partial charge in [-0.25, -0.2) is 0 Å². The first-order chi connectivity index (χ1) is 13.3. The smallest absolute Gasteiger partial charge is 0.302 e. The molecule has 152 valence electrons. The standard InChI is InChI=1S/C21H24Cl2O3S2/c1-11-12(2)25-20(21(27-4)19(11)26-13(3)24)14-5-7-17(22)15(9-14)10-16-6-8-18(23)28-16/h5-9,11-12,19-21H,10H2,1-4H3/t11-,12-,19+,20?,21-/m1/s1. The van der Waals surface area contributed by atoms with E-state index in [1.165, 1.54) is 6.92 Å². The zero-order valence-electron chi connectivity index (χ0n) is 16.3. The number of thioether (sulfide) groups is 1. The number of carbonyl (C=O) groups excluding carboxylic acids is 1. The highest BCUT2D eigenvalue weighted by Crippen LogP contribution is 2.43. The first-order valence-corrected chi connectivity index (χ1v) is 12.0. The second-order valence-electron chi connectivity index (χ2n) is 7.13. The van der Waals surface area contributed by atoms with Gasteiger partial charge in [-0.3, -0.25) is 4.79 Å². The van der Waals surface area contributed by atoms with E-state index in [4.69, 9.17) is 32.7 Å². The lowest BCUT2D eigenvalue weighted by molar-refractivity contribution is -0.168. The molecule has 0 radical (unpaired) electrons. The van der Waals surface area contributed by atoms with Gasteiger partial charge in [0.1, 0.15) is 6.10 Å². The van der Waals surface area contributed by atoms with Crippen LogP contribution in [-0.2, 0) is 20.7 Å². The summed E-state index contributed by atoms with van der Waals surface area (Å²) in [6.07, 6.45) is 2.36. The van der Waals surface area contributed by atoms with Crippen LogP contribution in [0.5, 0.6) is 0 Å². The van der Waals surface area contributed by atoms with Gasteiger partial charge in [0.05, 0.1) is 21.8 Å². The first kappa shape index (κ1) is 22.0. The number of hydrogen-bond donors (Lipinski definition) is 0. The Kier molecular flexibility index (Phi) is 7.37. The third-order valence-corrected chi connectivity index (χ3v) is 7.87. The third kappa shape index (κ3) is 4.88. The molecule has 1 unspecified atom stereocenters. The van der Waals surface area contributed by atoms with Crippen LogP contribution >= 0.6 is 46.3 Å². The highest BCUT2D eigenvalue weighted by molar-refractivity contribution is 7.99. The average Bonchev–Trinajstić information content (AvgIpc) is 3.05. The van der Waals surface area contributed by atoms with Crippen molar-refractivity contribution < 1.29 is 14.3 Å². The second kappa shape index (κ2) is 9.40. The van der Waals surface area contributed by atoms with Crippen molar-refractivity contribution in [2.75, 3.05) is 6.26 Å². The van der Waals surface area contributed by atoms with Gasteiger partial charge in [-0.15, -0.1) is 11.3 Å². The highest BCUT2D eigenvalue weighted by atomic mass is 35.5. The van der Waals surface area contributed by atoms with Crippen LogP contribution in [0.2, 0.25) is 9.36 Å². The molecule has 1 aliphatic rings. The molecule has 3 rings (SSSR count). The van der Waals surface area contributed by atoms with Gasteiger partial charge in [0, 0.05) is 29.2 Å². The maximum absolute atomic E-state index is 11.7. The fourth-order valence-corrected chi connectivity index (χ4v) is 5.94. The van der Waals surface area contributed by atoms with Gasteiger partial charge in [0.25, 0.3) is 0 Å². The minimum atomic E-state index is -0.255. The molecular formula is C21H24Cl2O3S2. The molecule has 1 fully saturated rings. The Balaban J connectivity index is 1.91. The maximum Gasteiger partial charge on any atom is 0.302 e. The van der Waals surface area contributed by atoms with Crippen molar-refractivity contribution in [3.8, 4) is 0 Å². The summed E-state index contributed by atoms with van der Waals surface area (Å²) in [5, 5.41) is 0.739. The lowest BCUT2D eigenvalue weighted by atomic mass is 9.87. The molecular weight excluding hydrogens is 435 g/mol. The summed E-state index contributed by atoms with van der Waals surface area (Å²) in [5.41, 5.74) is 2.09. The van der Waals surface area contributed by atoms with Crippen LogP contribution in [0.3, 0.4) is 0 Å². The Hall–Kier alpha value is -0.720. The second-order valence-corrected chi connectivity index (χ2v) is 10.4. The predicted octanol–water partition coefficient (Wildman–Crippen LogP) is 6.40. The third-order valence-electron chi connectivity index (χ3n) is 5.21. The quantitative estimate of drug-likeness (QED) is 0.485. The zero-order chi connectivity index (χ0) is 20.4. The fraction of sp³-hybridized carbons (Fsp3) is 0.476. The van der Waals surface area contributed by atoms with Crippen LogP contribution in [0.15, 0.2) is 30.3 Å². The molecule has 0 bridgehead atoms. The van der Waals surface area contributed by atoms with Crippen molar-refractivity contribution in [3.63, 3.8) is 0 Å². The average molecular weight is 459 g/mol. The van der Waals surface area contributed by atoms with Crippen LogP contribution in [0.1, 0.15) is 42.9 Å². The topological polar surface area (TPSA) is 35.5 Å². The molecule has 1 aromatic heterocycles. The molecule has 0 N–H and O–H groups in total. The molecule has 3 nitrogen and oxygen atoms in total. The van der Waals surface area contributed by atoms with Crippen molar-refractivity contribution in [3.05, 3.63) is 55.7 Å². The summed E-state index contributed by atoms with van der Waals surface area (Å²) >= 11 is 15.8. The van der Waals surface area contributed by atoms with E-state index in [0.29, 0.717) is 0 Å². The van der Waals surface area contributed by atoms with Gasteiger partial charge >= 0.3 is 5.97 Å². The molecule has 1 aliphatic heterocycles. The van der Waals surface area contributed by atoms with Gasteiger partial charge in [0.2, 0.25) is 0 Å². The normalized spacial score (nSPS) is 27.6. The minimum Gasteiger partial charge on any atom is -0.461 e. The number of rotatable bonds is 5. The monoisotopic (exact) mass is 458 g/mol. The van der Waals surface area contributed by atoms with Crippen LogP contribution in [0, 0.1) is 5.92 Å². The molecule has 1 saturated heterocycles. The summed E-state index contributed by atoms with van der Waals surface area (Å²) in [4.78, 5) is 12.8. The molecule has 1 aromatic carbocycles. The number of halogens is 2. The molecule has 7 heteroatoms. The van der Waals surface area contributed by atoms with Gasteiger partial charge in [-0.2, -0.15) is 11.8 Å². The Labute approximate surface area is 184 Å². The maximum atomic E-state index is 11.7. The van der Waals surface area contributed by atoms with Gasteiger partial charge in [-0.1, -0.05) is 42.3 Å². The van der Waals surface area contributed by atoms with Gasteiger partial charge < -0.3 is 9.47 Å². The summed E-state index contributed by atoms with van der Waals surface area (Å²) in [5.74, 6) is -0.132. The molecule has 2 aromatic rings. The summed E-state index contributed by atoms with van der Waals surface area (Å²) < 4.78 is 12.8. The Morgan fingerprint density at radius 2 is 2.00 bits per heavy atom. The summed E-state index contributed by atoms with van der Waals surface area (Å²) in [7, 11) is 0. The van der Waals surface area contributed by atoms with Crippen molar-refractivity contribution >= 4 is 52.3 Å². The first-order valence-electron chi connectivity index (χ1n) is 9.18. The summed E-state index contributed by atoms with van der Waals surface area (Å²) in [6, 6.07) is 9.97. The number of ether oxygens (including phenoxy) is 2. The van der Waals surface area contributed by atoms with Crippen LogP contribution < -0.4 is 0 Å². The molecule has 0 saturated carbocycles. The number of hydrogen-bond acceptors (Lipinski definition) is 5. The number of benzene rings is 1. The van der Waals surface area contributed by atoms with Gasteiger partial charge in [-0.05, 0) is 42.5 Å². The van der Waals surface area contributed by atoms with Crippen LogP contribution in [0.4, 0.5) is 0 Å². The fourth-order valence-electron chi connectivity index (χ4n) is 3.60. The Bertz CT molecular complexity index is 839. The minimum absolute atomic E-state index is 0.0142. The van der Waals surface area contributed by atoms with Crippen molar-refractivity contribution in [2.45, 2.75) is 50.8 Å². The van der Waals surface area contributed by atoms with E-state index in [2.05, 4.69) is 13.0 Å². The lowest BCUT2D eigenvalue weighted by Gasteiger charge is -2.44. The van der Waals surface area contributed by atoms with Crippen molar-refractivity contribution in [2.24, 2.45) is 5.92 Å².